The molecule has 0 bridgehead atoms. The molecule has 4 aliphatic rings. The third-order valence-corrected chi connectivity index (χ3v) is 17.2. The maximum atomic E-state index is 14.0. The number of phosphoric acid groups is 3. The molecule has 4 aliphatic heterocycles. The number of nitrogens with one attached hydrogen (secondary N) is 2. The van der Waals surface area contributed by atoms with Crippen molar-refractivity contribution in [1.29, 1.82) is 0 Å². The van der Waals surface area contributed by atoms with Crippen LogP contribution in [0.4, 0.5) is 5.69 Å². The number of aromatic amines is 1. The number of phosphoric ester groups is 1. The largest absolute Gasteiger partial charge is 0.490 e. The molecule has 0 aliphatic carbocycles. The molecule has 5 heterocycles. The van der Waals surface area contributed by atoms with E-state index in [-0.39, 0.29) is 39.9 Å². The lowest BCUT2D eigenvalue weighted by Crippen LogP contribution is -2.49. The van der Waals surface area contributed by atoms with Gasteiger partial charge < -0.3 is 54.6 Å². The van der Waals surface area contributed by atoms with Gasteiger partial charge in [0.05, 0.1) is 29.3 Å². The van der Waals surface area contributed by atoms with Crippen LogP contribution in [0.25, 0.3) is 22.8 Å². The highest BCUT2D eigenvalue weighted by Gasteiger charge is 2.47. The first-order chi connectivity index (χ1) is 35.4. The molecule has 27 heteroatoms. The summed E-state index contributed by atoms with van der Waals surface area (Å²) in [6.45, 7) is 16.8. The lowest BCUT2D eigenvalue weighted by Gasteiger charge is -2.43. The van der Waals surface area contributed by atoms with Crippen LogP contribution in [0.15, 0.2) is 76.5 Å². The minimum absolute atomic E-state index is 0.0725. The first-order valence-electron chi connectivity index (χ1n) is 23.7. The van der Waals surface area contributed by atoms with E-state index >= 15 is 0 Å². The number of H-pyrrole nitrogens is 1. The number of carbonyl (C=O) groups is 2. The summed E-state index contributed by atoms with van der Waals surface area (Å²) in [5, 5.41) is 36.5. The number of aliphatic hydroxyl groups excluding tert-OH is 2. The van der Waals surface area contributed by atoms with E-state index in [1.807, 2.05) is 43.1 Å². The topological polar surface area (TPSA) is 346 Å². The Hall–Kier alpha value is -5.94. The molecule has 0 spiro atoms. The predicted molar refractivity (Wildman–Crippen MR) is 276 cm³/mol. The van der Waals surface area contributed by atoms with Gasteiger partial charge in [0.15, 0.2) is 11.8 Å². The Labute approximate surface area is 433 Å². The van der Waals surface area contributed by atoms with Crippen LogP contribution in [0, 0.1) is 0 Å². The minimum atomic E-state index is -5.88. The SMILES string of the molecule is CCN1c2cc3c(cc2C(C)=CC1(C)C)C(c1cc(C(=O)NC/C=C/c2cn([C@@H]4O[C@H](COP(=O)(O)OP(=O)(O)OP(=O)(O)O)[C@@H](O)[C@H]4O)c(=O)[nH]c2=O)ccc1C(=O)O)=c1cc2c(cc1O3)=[N+](CC)C(C)(C)C=C2C. The number of aromatic nitrogens is 2. The van der Waals surface area contributed by atoms with E-state index in [2.05, 4.69) is 81.6 Å². The van der Waals surface area contributed by atoms with Gasteiger partial charge >= 0.3 is 35.1 Å². The number of carboxylic acid groups (broad SMARTS) is 1. The van der Waals surface area contributed by atoms with Gasteiger partial charge in [0.2, 0.25) is 5.36 Å². The average molecular weight is 1110 g/mol. The fourth-order valence-electron chi connectivity index (χ4n) is 10.4. The Morgan fingerprint density at radius 2 is 1.57 bits per heavy atom. The van der Waals surface area contributed by atoms with Gasteiger partial charge in [0.25, 0.3) is 11.5 Å². The number of nitrogens with zero attached hydrogens (tertiary/aromatic N) is 3. The number of aliphatic hydroxyl groups is 2. The Balaban J connectivity index is 1.10. The van der Waals surface area contributed by atoms with E-state index in [1.54, 1.807) is 0 Å². The molecule has 24 nitrogen and oxygen atoms in total. The molecule has 4 aromatic rings. The second-order valence-corrected chi connectivity index (χ2v) is 23.9. The van der Waals surface area contributed by atoms with Crippen molar-refractivity contribution < 1.29 is 80.8 Å². The number of ether oxygens (including phenoxy) is 2. The molecular formula is C49H57N5O19P3+. The number of likely N-dealkylation sites (N-methyl/N-ethyl adjacent to an activating group) is 2. The Kier molecular flexibility index (Phi) is 15.1. The normalized spacial score (nSPS) is 22.1. The summed E-state index contributed by atoms with van der Waals surface area (Å²) < 4.78 is 62.0. The van der Waals surface area contributed by atoms with Crippen molar-refractivity contribution in [3.8, 4) is 11.5 Å². The van der Waals surface area contributed by atoms with E-state index < -0.39 is 77.7 Å². The Morgan fingerprint density at radius 1 is 0.868 bits per heavy atom. The van der Waals surface area contributed by atoms with Crippen molar-refractivity contribution in [2.75, 3.05) is 31.1 Å². The molecule has 0 saturated carbocycles. The lowest BCUT2D eigenvalue weighted by atomic mass is 9.83. The van der Waals surface area contributed by atoms with Gasteiger partial charge in [0, 0.05) is 77.9 Å². The zero-order valence-electron chi connectivity index (χ0n) is 42.3. The number of rotatable bonds is 16. The maximum Gasteiger partial charge on any atom is 0.490 e. The second kappa shape index (κ2) is 20.5. The molecule has 0 radical (unpaired) electrons. The van der Waals surface area contributed by atoms with Crippen molar-refractivity contribution in [3.05, 3.63) is 137 Å². The number of benzene rings is 3. The van der Waals surface area contributed by atoms with Gasteiger partial charge in [-0.15, -0.1) is 0 Å². The van der Waals surface area contributed by atoms with Gasteiger partial charge in [-0.2, -0.15) is 8.62 Å². The zero-order chi connectivity index (χ0) is 55.8. The number of aromatic carboxylic acids is 1. The summed E-state index contributed by atoms with van der Waals surface area (Å²) in [6.07, 6.45) is 0.488. The summed E-state index contributed by atoms with van der Waals surface area (Å²) in [7, 11) is -17.2. The van der Waals surface area contributed by atoms with E-state index in [9.17, 15) is 58.0 Å². The summed E-state index contributed by atoms with van der Waals surface area (Å²) in [6, 6.07) is 12.3. The van der Waals surface area contributed by atoms with Crippen molar-refractivity contribution in [2.45, 2.75) is 91.0 Å². The lowest BCUT2D eigenvalue weighted by molar-refractivity contribution is -0.0542. The molecule has 1 saturated heterocycles. The van der Waals surface area contributed by atoms with Crippen molar-refractivity contribution >= 4 is 63.8 Å². The van der Waals surface area contributed by atoms with Crippen molar-refractivity contribution in [3.63, 3.8) is 0 Å². The molecule has 9 N–H and O–H groups in total. The molecule has 8 rings (SSSR count). The van der Waals surface area contributed by atoms with Gasteiger partial charge in [-0.3, -0.25) is 23.7 Å². The molecule has 1 fully saturated rings. The fourth-order valence-corrected chi connectivity index (χ4v) is 13.4. The molecule has 3 aromatic carbocycles. The monoisotopic (exact) mass is 1110 g/mol. The highest BCUT2D eigenvalue weighted by molar-refractivity contribution is 7.66. The number of hydrogen-bond donors (Lipinski definition) is 9. The summed E-state index contributed by atoms with van der Waals surface area (Å²) in [5.41, 5.74) is 3.40. The first-order valence-corrected chi connectivity index (χ1v) is 28.2. The number of allylic oxidation sites excluding steroid dienone is 2. The number of carbonyl (C=O) groups excluding carboxylic acids is 1. The molecule has 2 unspecified atom stereocenters. The van der Waals surface area contributed by atoms with Crippen LogP contribution in [-0.4, -0.2) is 112 Å². The fraction of sp³-hybridized carbons (Fsp3) is 0.367. The average Bonchev–Trinajstić information content (AvgIpc) is 3.60. The van der Waals surface area contributed by atoms with Crippen molar-refractivity contribution in [2.24, 2.45) is 0 Å². The summed E-state index contributed by atoms with van der Waals surface area (Å²) in [5.74, 6) is -0.847. The molecule has 6 atom stereocenters. The quantitative estimate of drug-likeness (QED) is 0.0502. The predicted octanol–water partition coefficient (Wildman–Crippen LogP) is 3.72. The highest BCUT2D eigenvalue weighted by Crippen LogP contribution is 2.66. The summed E-state index contributed by atoms with van der Waals surface area (Å²) in [4.78, 5) is 94.1. The molecular weight excluding hydrogens is 1060 g/mol. The number of hydrogen-bond acceptors (Lipinski definition) is 15. The van der Waals surface area contributed by atoms with Crippen LogP contribution in [0.1, 0.15) is 110 Å². The molecule has 1 amide bonds. The van der Waals surface area contributed by atoms with Crippen LogP contribution in [-0.2, 0) is 31.6 Å². The third-order valence-electron chi connectivity index (χ3n) is 13.4. The molecule has 406 valence electrons. The van der Waals surface area contributed by atoms with Crippen LogP contribution in [0.2, 0.25) is 0 Å². The number of carboxylic acids is 1. The van der Waals surface area contributed by atoms with E-state index in [4.69, 9.17) is 19.3 Å². The van der Waals surface area contributed by atoms with Gasteiger partial charge in [-0.25, -0.2) is 27.9 Å². The highest BCUT2D eigenvalue weighted by atomic mass is 31.3. The zero-order valence-corrected chi connectivity index (χ0v) is 45.0. The second-order valence-electron chi connectivity index (χ2n) is 19.5. The van der Waals surface area contributed by atoms with Gasteiger partial charge in [0.1, 0.15) is 36.4 Å². The van der Waals surface area contributed by atoms with Crippen molar-refractivity contribution in [1.82, 2.24) is 19.4 Å². The standard InChI is InChI=1S/C49H56N5O19P3/c1-9-53-35-19-37-33(17-30(35)25(3)21-48(53,5)6)40(34-18-31-26(4)22-49(7,8)54(10-2)36(31)20-38(34)70-37)32-16-27(13-14-29(32)46(59)60)43(57)50-15-11-12-28-23-52(47(61)51-44(28)58)45-42(56)41(55)39(71-45)24-69-75(65,66)73-76(67,68)72-74(62,63)64/h11-14,16-23,39,41-42,45,55-56H,9-10,15,24H2,1-8H3,(H6-,50,51,57,58,59,60,61,62,63,64,65,66,67,68)/p+1/b12-11+/t39-,41-,42-,45-/m1/s1. The van der Waals surface area contributed by atoms with Crippen LogP contribution >= 0.6 is 23.5 Å². The Morgan fingerprint density at radius 3 is 2.22 bits per heavy atom. The van der Waals surface area contributed by atoms with E-state index in [0.717, 1.165) is 39.5 Å². The van der Waals surface area contributed by atoms with Crippen LogP contribution < -0.4 is 41.4 Å². The number of anilines is 1. The first kappa shape index (κ1) is 56.3. The van der Waals surface area contributed by atoms with E-state index in [0.29, 0.717) is 45.5 Å². The van der Waals surface area contributed by atoms with E-state index in [1.165, 1.54) is 30.4 Å². The molecule has 1 aromatic heterocycles. The summed E-state index contributed by atoms with van der Waals surface area (Å²) >= 11 is 0. The number of fused-ring (bicyclic) bond motifs is 4. The minimum Gasteiger partial charge on any atom is -0.478 e. The van der Waals surface area contributed by atoms with Gasteiger partial charge in [-0.1, -0.05) is 18.2 Å². The smallest absolute Gasteiger partial charge is 0.478 e. The third kappa shape index (κ3) is 11.1. The Bertz CT molecular complexity index is 3610. The number of amides is 1. The van der Waals surface area contributed by atoms with Gasteiger partial charge in [-0.05, 0) is 94.7 Å². The molecule has 76 heavy (non-hydrogen) atoms. The maximum absolute atomic E-state index is 14.0. The van der Waals surface area contributed by atoms with Crippen LogP contribution in [0.5, 0.6) is 11.5 Å². The van der Waals surface area contributed by atoms with Crippen LogP contribution in [0.3, 0.4) is 0 Å².